The minimum absolute atomic E-state index is 0.412. The van der Waals surface area contributed by atoms with Gasteiger partial charge >= 0.3 is 0 Å². The molecular formula is C20H27NO10. The van der Waals surface area contributed by atoms with Gasteiger partial charge < -0.3 is 49.6 Å². The zero-order valence-electron chi connectivity index (χ0n) is 16.7. The van der Waals surface area contributed by atoms with Crippen LogP contribution >= 0.6 is 0 Å². The lowest BCUT2D eigenvalue weighted by Crippen LogP contribution is -2.61. The lowest BCUT2D eigenvalue weighted by Gasteiger charge is -2.42. The molecular weight excluding hydrogens is 414 g/mol. The number of benzene rings is 1. The fourth-order valence-corrected chi connectivity index (χ4v) is 3.45. The number of hydrogen-bond acceptors (Lipinski definition) is 11. The Labute approximate surface area is 178 Å². The van der Waals surface area contributed by atoms with E-state index in [-0.39, 0.29) is 0 Å². The Morgan fingerprint density at radius 3 is 2.13 bits per heavy atom. The third-order valence-corrected chi connectivity index (χ3v) is 5.39. The Balaban J connectivity index is 1.65. The highest BCUT2D eigenvalue weighted by Gasteiger charge is 2.47. The second-order valence-corrected chi connectivity index (χ2v) is 7.59. The van der Waals surface area contributed by atoms with Gasteiger partial charge in [-0.05, 0) is 12.5 Å². The van der Waals surface area contributed by atoms with E-state index >= 15 is 0 Å². The highest BCUT2D eigenvalue weighted by atomic mass is 16.7. The smallest absolute Gasteiger partial charge is 0.188 e. The fourth-order valence-electron chi connectivity index (χ4n) is 3.45. The predicted molar refractivity (Wildman–Crippen MR) is 101 cm³/mol. The SMILES string of the molecule is C[C@@H]1O[C@@H](OC[C@H]2O[C@@H](O[C@H](C#N)c3ccccc3)[C@H](O)[C@@H](O)[C@@H]2O)[C@H](O)[C@H](O)[C@H]1O. The molecule has 11 atom stereocenters. The summed E-state index contributed by atoms with van der Waals surface area (Å²) in [7, 11) is 0. The van der Waals surface area contributed by atoms with Gasteiger partial charge in [-0.1, -0.05) is 30.3 Å². The van der Waals surface area contributed by atoms with Crippen molar-refractivity contribution in [1.29, 1.82) is 5.26 Å². The summed E-state index contributed by atoms with van der Waals surface area (Å²) in [4.78, 5) is 0. The maximum absolute atomic E-state index is 10.2. The first-order valence-corrected chi connectivity index (χ1v) is 9.85. The summed E-state index contributed by atoms with van der Waals surface area (Å²) >= 11 is 0. The molecule has 31 heavy (non-hydrogen) atoms. The zero-order chi connectivity index (χ0) is 22.7. The van der Waals surface area contributed by atoms with E-state index in [1.54, 1.807) is 30.3 Å². The van der Waals surface area contributed by atoms with Crippen LogP contribution in [0, 0.1) is 11.3 Å². The standard InChI is InChI=1S/C20H27NO10/c1-9-13(22)15(24)17(26)19(29-9)28-8-12-14(23)16(25)18(27)20(31-12)30-11(7-21)10-5-3-2-4-6-10/h2-6,9,11-20,22-27H,8H2,1H3/t9-,11+,12+,13-,14+,15+,16-,17+,18+,19+,20+/m0/s1. The van der Waals surface area contributed by atoms with Gasteiger partial charge in [0, 0.05) is 0 Å². The third kappa shape index (κ3) is 5.21. The first kappa shape index (κ1) is 24.0. The highest BCUT2D eigenvalue weighted by Crippen LogP contribution is 2.28. The molecule has 0 radical (unpaired) electrons. The van der Waals surface area contributed by atoms with Crippen molar-refractivity contribution in [2.75, 3.05) is 6.61 Å². The molecule has 1 aromatic carbocycles. The first-order chi connectivity index (χ1) is 14.7. The quantitative estimate of drug-likeness (QED) is 0.285. The number of aliphatic hydroxyl groups is 6. The van der Waals surface area contributed by atoms with Crippen molar-refractivity contribution < 1.29 is 49.6 Å². The van der Waals surface area contributed by atoms with Gasteiger partial charge in [-0.15, -0.1) is 0 Å². The number of aliphatic hydroxyl groups excluding tert-OH is 6. The minimum Gasteiger partial charge on any atom is -0.388 e. The molecule has 0 aromatic heterocycles. The molecule has 0 unspecified atom stereocenters. The van der Waals surface area contributed by atoms with E-state index in [1.807, 2.05) is 6.07 Å². The Kier molecular flexibility index (Phi) is 7.95. The summed E-state index contributed by atoms with van der Waals surface area (Å²) in [5.41, 5.74) is 0.509. The molecule has 6 N–H and O–H groups in total. The number of rotatable bonds is 6. The van der Waals surface area contributed by atoms with Crippen molar-refractivity contribution in [3.8, 4) is 6.07 Å². The second kappa shape index (κ2) is 10.3. The molecule has 3 rings (SSSR count). The van der Waals surface area contributed by atoms with Crippen LogP contribution in [-0.2, 0) is 18.9 Å². The second-order valence-electron chi connectivity index (χ2n) is 7.59. The normalized spacial score (nSPS) is 42.0. The molecule has 11 nitrogen and oxygen atoms in total. The van der Waals surface area contributed by atoms with Crippen LogP contribution in [0.15, 0.2) is 30.3 Å². The summed E-state index contributed by atoms with van der Waals surface area (Å²) < 4.78 is 21.8. The fraction of sp³-hybridized carbons (Fsp3) is 0.650. The summed E-state index contributed by atoms with van der Waals surface area (Å²) in [5, 5.41) is 69.7. The lowest BCUT2D eigenvalue weighted by atomic mass is 9.98. The van der Waals surface area contributed by atoms with Gasteiger partial charge in [0.2, 0.25) is 0 Å². The number of nitriles is 1. The van der Waals surface area contributed by atoms with E-state index in [1.165, 1.54) is 6.92 Å². The summed E-state index contributed by atoms with van der Waals surface area (Å²) in [6.45, 7) is 1.07. The molecule has 0 spiro atoms. The molecule has 0 saturated carbocycles. The predicted octanol–water partition coefficient (Wildman–Crippen LogP) is -2.08. The van der Waals surface area contributed by atoms with Crippen LogP contribution in [0.1, 0.15) is 18.6 Å². The van der Waals surface area contributed by atoms with Crippen molar-refractivity contribution in [2.24, 2.45) is 0 Å². The van der Waals surface area contributed by atoms with E-state index in [0.29, 0.717) is 5.56 Å². The molecule has 2 saturated heterocycles. The van der Waals surface area contributed by atoms with E-state index in [4.69, 9.17) is 18.9 Å². The van der Waals surface area contributed by atoms with Crippen LogP contribution in [-0.4, -0.2) is 98.7 Å². The van der Waals surface area contributed by atoms with E-state index in [2.05, 4.69) is 0 Å². The molecule has 2 aliphatic heterocycles. The Bertz CT molecular complexity index is 745. The molecule has 11 heteroatoms. The largest absolute Gasteiger partial charge is 0.388 e. The van der Waals surface area contributed by atoms with Crippen LogP contribution in [0.3, 0.4) is 0 Å². The Hall–Kier alpha value is -1.69. The molecule has 2 heterocycles. The van der Waals surface area contributed by atoms with Gasteiger partial charge in [0.15, 0.2) is 18.7 Å². The van der Waals surface area contributed by atoms with Crippen molar-refractivity contribution >= 4 is 0 Å². The van der Waals surface area contributed by atoms with Crippen molar-refractivity contribution in [1.82, 2.24) is 0 Å². The van der Waals surface area contributed by atoms with Gasteiger partial charge in [-0.2, -0.15) is 5.26 Å². The van der Waals surface area contributed by atoms with E-state index < -0.39 is 74.1 Å². The maximum Gasteiger partial charge on any atom is 0.188 e. The van der Waals surface area contributed by atoms with Gasteiger partial charge in [0.1, 0.15) is 42.7 Å². The molecule has 2 fully saturated rings. The summed E-state index contributed by atoms with van der Waals surface area (Å²) in [6, 6.07) is 10.4. The summed E-state index contributed by atoms with van der Waals surface area (Å²) in [6.07, 6.45) is -15.2. The van der Waals surface area contributed by atoms with Crippen molar-refractivity contribution in [3.05, 3.63) is 35.9 Å². The topological polar surface area (TPSA) is 182 Å². The highest BCUT2D eigenvalue weighted by molar-refractivity contribution is 5.22. The van der Waals surface area contributed by atoms with E-state index in [9.17, 15) is 35.9 Å². The molecule has 1 aromatic rings. The average Bonchev–Trinajstić information content (AvgIpc) is 2.78. The monoisotopic (exact) mass is 441 g/mol. The molecule has 2 aliphatic rings. The van der Waals surface area contributed by atoms with Gasteiger partial charge in [-0.25, -0.2) is 0 Å². The van der Waals surface area contributed by atoms with Crippen molar-refractivity contribution in [2.45, 2.75) is 74.4 Å². The number of ether oxygens (including phenoxy) is 4. The molecule has 0 aliphatic carbocycles. The molecule has 172 valence electrons. The minimum atomic E-state index is -1.66. The lowest BCUT2D eigenvalue weighted by molar-refractivity contribution is -0.331. The zero-order valence-corrected chi connectivity index (χ0v) is 16.7. The number of nitrogens with zero attached hydrogens (tertiary/aromatic N) is 1. The third-order valence-electron chi connectivity index (χ3n) is 5.39. The molecule has 0 bridgehead atoms. The van der Waals surface area contributed by atoms with Gasteiger partial charge in [0.05, 0.1) is 18.8 Å². The number of hydrogen-bond donors (Lipinski definition) is 6. The van der Waals surface area contributed by atoms with Gasteiger partial charge in [0.25, 0.3) is 0 Å². The van der Waals surface area contributed by atoms with Crippen LogP contribution in [0.5, 0.6) is 0 Å². The average molecular weight is 441 g/mol. The Morgan fingerprint density at radius 1 is 0.871 bits per heavy atom. The maximum atomic E-state index is 10.2. The van der Waals surface area contributed by atoms with Crippen LogP contribution in [0.25, 0.3) is 0 Å². The first-order valence-electron chi connectivity index (χ1n) is 9.85. The van der Waals surface area contributed by atoms with Gasteiger partial charge in [-0.3, -0.25) is 0 Å². The summed E-state index contributed by atoms with van der Waals surface area (Å²) in [5.74, 6) is 0. The van der Waals surface area contributed by atoms with Crippen LogP contribution in [0.4, 0.5) is 0 Å². The molecule has 0 amide bonds. The van der Waals surface area contributed by atoms with Crippen LogP contribution in [0.2, 0.25) is 0 Å². The Morgan fingerprint density at radius 2 is 1.48 bits per heavy atom. The van der Waals surface area contributed by atoms with Crippen LogP contribution < -0.4 is 0 Å². The van der Waals surface area contributed by atoms with E-state index in [0.717, 1.165) is 0 Å². The van der Waals surface area contributed by atoms with Crippen molar-refractivity contribution in [3.63, 3.8) is 0 Å².